The summed E-state index contributed by atoms with van der Waals surface area (Å²) >= 11 is 0. The summed E-state index contributed by atoms with van der Waals surface area (Å²) in [7, 11) is -13.8. The lowest BCUT2D eigenvalue weighted by Gasteiger charge is -2.49. The zero-order valence-corrected chi connectivity index (χ0v) is 40.1. The van der Waals surface area contributed by atoms with Crippen LogP contribution >= 0.6 is 23.5 Å². The largest absolute Gasteiger partial charge is 0.475 e. The molecule has 10 rings (SSSR count). The van der Waals surface area contributed by atoms with Gasteiger partial charge < -0.3 is 14.2 Å². The van der Waals surface area contributed by atoms with Gasteiger partial charge >= 0.3 is 23.5 Å². The van der Waals surface area contributed by atoms with E-state index in [2.05, 4.69) is 0 Å². The number of phosphoric acid groups is 3. The van der Waals surface area contributed by atoms with E-state index in [1.807, 2.05) is 164 Å². The summed E-state index contributed by atoms with van der Waals surface area (Å²) in [5.41, 5.74) is 6.72. The summed E-state index contributed by atoms with van der Waals surface area (Å²) in [5.74, 6) is 0. The summed E-state index contributed by atoms with van der Waals surface area (Å²) in [6.45, 7) is -0.921. The van der Waals surface area contributed by atoms with Crippen LogP contribution in [0.25, 0.3) is 0 Å². The maximum atomic E-state index is 15.2. The number of ether oxygens (including phenoxy) is 3. The molecule has 0 bridgehead atoms. The fourth-order valence-electron chi connectivity index (χ4n) is 8.50. The van der Waals surface area contributed by atoms with Crippen molar-refractivity contribution in [2.75, 3.05) is 0 Å². The molecule has 0 unspecified atom stereocenters. The Morgan fingerprint density at radius 1 is 0.304 bits per heavy atom. The van der Waals surface area contributed by atoms with E-state index in [-0.39, 0.29) is 59.5 Å². The molecule has 0 amide bonds. The van der Waals surface area contributed by atoms with Crippen LogP contribution in [-0.4, -0.2) is 36.6 Å². The Kier molecular flexibility index (Phi) is 15.3. The Hall–Kier alpha value is -4.47. The van der Waals surface area contributed by atoms with Crippen molar-refractivity contribution in [3.63, 3.8) is 0 Å². The van der Waals surface area contributed by atoms with E-state index >= 15 is 13.7 Å². The molecule has 69 heavy (non-hydrogen) atoms. The van der Waals surface area contributed by atoms with Gasteiger partial charge in [0.05, 0.1) is 59.5 Å². The average molecular weight is 997 g/mol. The van der Waals surface area contributed by atoms with Gasteiger partial charge in [-0.1, -0.05) is 164 Å². The first-order valence-electron chi connectivity index (χ1n) is 22.6. The van der Waals surface area contributed by atoms with E-state index in [1.165, 1.54) is 0 Å². The highest BCUT2D eigenvalue weighted by molar-refractivity contribution is 7.49. The zero-order chi connectivity index (χ0) is 47.1. The van der Waals surface area contributed by atoms with E-state index in [9.17, 15) is 0 Å². The second-order valence-corrected chi connectivity index (χ2v) is 21.6. The van der Waals surface area contributed by atoms with Crippen LogP contribution in [0.4, 0.5) is 0 Å². The predicted octanol–water partition coefficient (Wildman–Crippen LogP) is 11.5. The first kappa shape index (κ1) is 48.2. The van der Waals surface area contributed by atoms with Crippen molar-refractivity contribution in [1.82, 2.24) is 0 Å². The van der Waals surface area contributed by atoms with Gasteiger partial charge in [-0.25, -0.2) is 13.7 Å². The van der Waals surface area contributed by atoms with Crippen molar-refractivity contribution >= 4 is 23.5 Å². The van der Waals surface area contributed by atoms with E-state index < -0.39 is 60.1 Å². The molecule has 3 heterocycles. The monoisotopic (exact) mass is 996 g/mol. The summed E-state index contributed by atoms with van der Waals surface area (Å²) in [6.07, 6.45) is -8.91. The SMILES string of the molecule is O=P1(O[C@@H]2[C@H](OCc3ccccc3)[C@H](OCc3ccccc3)[C@@H](OP3(=O)OCc4ccccc4CO3)[C@H](OP3(=O)OCc4ccccc4CO3)[C@@H]2OCc2ccccc2)OCc2ccccc2CO1. The van der Waals surface area contributed by atoms with Gasteiger partial charge in [-0.05, 0) is 50.1 Å². The van der Waals surface area contributed by atoms with Gasteiger partial charge in [-0.2, -0.15) is 0 Å². The maximum absolute atomic E-state index is 15.2. The molecular formula is C51H51O15P3. The molecule has 0 radical (unpaired) electrons. The van der Waals surface area contributed by atoms with Crippen molar-refractivity contribution < 1.29 is 68.6 Å². The lowest BCUT2D eigenvalue weighted by molar-refractivity contribution is -0.255. The number of benzene rings is 6. The molecule has 0 N–H and O–H groups in total. The fourth-order valence-corrected chi connectivity index (χ4v) is 12.5. The van der Waals surface area contributed by atoms with Crippen LogP contribution in [0.1, 0.15) is 50.1 Å². The van der Waals surface area contributed by atoms with Crippen molar-refractivity contribution in [3.8, 4) is 0 Å². The van der Waals surface area contributed by atoms with E-state index in [0.29, 0.717) is 0 Å². The number of fused-ring (bicyclic) bond motifs is 3. The van der Waals surface area contributed by atoms with Crippen LogP contribution in [0.15, 0.2) is 164 Å². The molecule has 360 valence electrons. The molecule has 6 aromatic carbocycles. The molecule has 1 saturated carbocycles. The lowest BCUT2D eigenvalue weighted by Crippen LogP contribution is -2.67. The minimum atomic E-state index is -4.64. The highest BCUT2D eigenvalue weighted by atomic mass is 31.2. The van der Waals surface area contributed by atoms with Crippen LogP contribution in [0, 0.1) is 0 Å². The topological polar surface area (TPSA) is 162 Å². The molecule has 1 fully saturated rings. The van der Waals surface area contributed by atoms with Crippen molar-refractivity contribution in [2.24, 2.45) is 0 Å². The molecule has 0 saturated heterocycles. The Labute approximate surface area is 400 Å². The first-order chi connectivity index (χ1) is 33.7. The number of rotatable bonds is 15. The van der Waals surface area contributed by atoms with E-state index in [4.69, 9.17) is 54.9 Å². The third kappa shape index (κ3) is 11.8. The number of hydrogen-bond acceptors (Lipinski definition) is 15. The summed E-state index contributed by atoms with van der Waals surface area (Å²) in [5, 5.41) is 0. The molecule has 3 aliphatic heterocycles. The van der Waals surface area contributed by atoms with Crippen molar-refractivity contribution in [1.29, 1.82) is 0 Å². The third-order valence-corrected chi connectivity index (χ3v) is 16.4. The highest BCUT2D eigenvalue weighted by Crippen LogP contribution is 2.61. The summed E-state index contributed by atoms with van der Waals surface area (Å²) < 4.78 is 123. The maximum Gasteiger partial charge on any atom is 0.475 e. The molecule has 1 aliphatic carbocycles. The minimum Gasteiger partial charge on any atom is -0.368 e. The molecule has 18 heteroatoms. The van der Waals surface area contributed by atoms with Crippen LogP contribution in [0.2, 0.25) is 0 Å². The van der Waals surface area contributed by atoms with Crippen LogP contribution in [0.5, 0.6) is 0 Å². The standard InChI is InChI=1S/C51H51O15P3/c52-67(58-31-40-22-10-11-23-41(40)32-59-67)64-49-46(55-28-37-16-4-1-5-17-37)47(56-29-38-18-6-2-7-19-38)50(65-68(53)60-33-42-24-12-13-25-43(42)34-61-68)51(48(49)57-30-39-20-8-3-9-21-39)66-69(54)62-35-44-26-14-15-27-45(44)36-63-69/h1-27,46-51H,28-36H2/t46-,47+,48-,49-,50-,51-/m1/s1. The summed E-state index contributed by atoms with van der Waals surface area (Å²) in [4.78, 5) is 0. The van der Waals surface area contributed by atoms with Crippen molar-refractivity contribution in [3.05, 3.63) is 214 Å². The molecule has 0 spiro atoms. The van der Waals surface area contributed by atoms with Gasteiger partial charge in [0, 0.05) is 0 Å². The smallest absolute Gasteiger partial charge is 0.368 e. The Morgan fingerprint density at radius 3 is 0.754 bits per heavy atom. The Morgan fingerprint density at radius 2 is 0.507 bits per heavy atom. The van der Waals surface area contributed by atoms with E-state index in [0.717, 1.165) is 50.1 Å². The zero-order valence-electron chi connectivity index (χ0n) is 37.4. The molecule has 0 aromatic heterocycles. The molecule has 4 aliphatic rings. The number of phosphoric ester groups is 3. The van der Waals surface area contributed by atoms with Gasteiger partial charge in [0.25, 0.3) is 0 Å². The van der Waals surface area contributed by atoms with Gasteiger partial charge in [0.1, 0.15) is 36.6 Å². The summed E-state index contributed by atoms with van der Waals surface area (Å²) in [6, 6.07) is 50.1. The highest BCUT2D eigenvalue weighted by Gasteiger charge is 2.61. The Balaban J connectivity index is 1.11. The normalized spacial score (nSPS) is 24.9. The second kappa shape index (κ2) is 21.9. The van der Waals surface area contributed by atoms with E-state index in [1.54, 1.807) is 0 Å². The second-order valence-electron chi connectivity index (χ2n) is 16.8. The van der Waals surface area contributed by atoms with Gasteiger partial charge in [-0.3, -0.25) is 40.7 Å². The predicted molar refractivity (Wildman–Crippen MR) is 251 cm³/mol. The molecule has 6 atom stereocenters. The molecule has 6 aromatic rings. The van der Waals surface area contributed by atoms with Gasteiger partial charge in [0.15, 0.2) is 0 Å². The quantitative estimate of drug-likeness (QED) is 0.0893. The third-order valence-electron chi connectivity index (χ3n) is 12.2. The number of hydrogen-bond donors (Lipinski definition) is 0. The van der Waals surface area contributed by atoms with Gasteiger partial charge in [0.2, 0.25) is 0 Å². The van der Waals surface area contributed by atoms with Crippen LogP contribution in [0.3, 0.4) is 0 Å². The fraction of sp³-hybridized carbons (Fsp3) is 0.294. The van der Waals surface area contributed by atoms with Crippen LogP contribution in [-0.2, 0) is 128 Å². The Bertz CT molecular complexity index is 2710. The first-order valence-corrected chi connectivity index (χ1v) is 27.0. The molecule has 15 nitrogen and oxygen atoms in total. The van der Waals surface area contributed by atoms with Crippen LogP contribution < -0.4 is 0 Å². The minimum absolute atomic E-state index is 0.0272. The lowest BCUT2D eigenvalue weighted by atomic mass is 9.84. The average Bonchev–Trinajstić information content (AvgIpc) is 3.75. The molecular weight excluding hydrogens is 945 g/mol. The van der Waals surface area contributed by atoms with Gasteiger partial charge in [-0.15, -0.1) is 0 Å². The van der Waals surface area contributed by atoms with Crippen molar-refractivity contribution in [2.45, 2.75) is 96.1 Å².